The third kappa shape index (κ3) is 3.15. The van der Waals surface area contributed by atoms with E-state index >= 15 is 0 Å². The first-order valence-corrected chi connectivity index (χ1v) is 9.34. The van der Waals surface area contributed by atoms with Crippen LogP contribution < -0.4 is 10.0 Å². The van der Waals surface area contributed by atoms with E-state index in [1.807, 2.05) is 19.1 Å². The van der Waals surface area contributed by atoms with Crippen molar-refractivity contribution in [1.29, 1.82) is 0 Å². The molecule has 1 aromatic carbocycles. The molecule has 2 aliphatic rings. The van der Waals surface area contributed by atoms with E-state index in [1.165, 1.54) is 6.42 Å². The van der Waals surface area contributed by atoms with E-state index in [4.69, 9.17) is 0 Å². The molecule has 0 atom stereocenters. The maximum atomic E-state index is 12.8. The van der Waals surface area contributed by atoms with Gasteiger partial charge in [-0.3, -0.25) is 0 Å². The molecule has 0 saturated heterocycles. The Kier molecular flexibility index (Phi) is 4.08. The van der Waals surface area contributed by atoms with E-state index in [0.29, 0.717) is 4.90 Å². The quantitative estimate of drug-likeness (QED) is 0.901. The van der Waals surface area contributed by atoms with Gasteiger partial charge in [-0.1, -0.05) is 31.4 Å². The van der Waals surface area contributed by atoms with Crippen LogP contribution in [0.25, 0.3) is 0 Å². The summed E-state index contributed by atoms with van der Waals surface area (Å²) in [4.78, 5) is 0.480. The third-order valence-electron chi connectivity index (χ3n) is 4.72. The average Bonchev–Trinajstić information content (AvgIpc) is 2.46. The van der Waals surface area contributed by atoms with Crippen LogP contribution in [0.1, 0.15) is 50.2 Å². The van der Waals surface area contributed by atoms with Crippen molar-refractivity contribution in [3.63, 3.8) is 0 Å². The minimum absolute atomic E-state index is 0.285. The molecule has 1 heterocycles. The SMILES string of the molecule is CC1(NS(=O)(=O)c2cccc3c2CCNC3)CCCCC1. The van der Waals surface area contributed by atoms with Crippen LogP contribution in [-0.4, -0.2) is 20.5 Å². The normalized spacial score (nSPS) is 21.8. The lowest BCUT2D eigenvalue weighted by molar-refractivity contribution is 0.294. The van der Waals surface area contributed by atoms with Gasteiger partial charge in [-0.25, -0.2) is 13.1 Å². The highest BCUT2D eigenvalue weighted by molar-refractivity contribution is 7.89. The third-order valence-corrected chi connectivity index (χ3v) is 6.45. The van der Waals surface area contributed by atoms with E-state index in [-0.39, 0.29) is 5.54 Å². The van der Waals surface area contributed by atoms with E-state index < -0.39 is 10.0 Å². The number of hydrogen-bond donors (Lipinski definition) is 2. The second-order valence-electron chi connectivity index (χ2n) is 6.55. The fourth-order valence-electron chi connectivity index (χ4n) is 3.56. The number of rotatable bonds is 3. The molecule has 0 aromatic heterocycles. The molecule has 0 spiro atoms. The van der Waals surface area contributed by atoms with Gasteiger partial charge in [0.15, 0.2) is 0 Å². The Balaban J connectivity index is 1.91. The van der Waals surface area contributed by atoms with Crippen LogP contribution in [0.2, 0.25) is 0 Å². The summed E-state index contributed by atoms with van der Waals surface area (Å²) in [6.45, 7) is 3.65. The van der Waals surface area contributed by atoms with E-state index in [0.717, 1.165) is 56.3 Å². The summed E-state index contributed by atoms with van der Waals surface area (Å²) in [6, 6.07) is 5.62. The first-order valence-electron chi connectivity index (χ1n) is 7.86. The Hall–Kier alpha value is -0.910. The summed E-state index contributed by atoms with van der Waals surface area (Å²) in [5, 5.41) is 3.29. The Morgan fingerprint density at radius 1 is 1.19 bits per heavy atom. The van der Waals surface area contributed by atoms with Crippen molar-refractivity contribution in [3.8, 4) is 0 Å². The van der Waals surface area contributed by atoms with Crippen molar-refractivity contribution in [3.05, 3.63) is 29.3 Å². The topological polar surface area (TPSA) is 58.2 Å². The van der Waals surface area contributed by atoms with Crippen LogP contribution in [0.3, 0.4) is 0 Å². The minimum atomic E-state index is -3.44. The second kappa shape index (κ2) is 5.71. The number of fused-ring (bicyclic) bond motifs is 1. The highest BCUT2D eigenvalue weighted by atomic mass is 32.2. The van der Waals surface area contributed by atoms with Gasteiger partial charge in [-0.15, -0.1) is 0 Å². The van der Waals surface area contributed by atoms with Crippen molar-refractivity contribution in [2.24, 2.45) is 0 Å². The Labute approximate surface area is 127 Å². The zero-order chi connectivity index (χ0) is 14.9. The molecule has 1 saturated carbocycles. The van der Waals surface area contributed by atoms with Gasteiger partial charge in [0.1, 0.15) is 0 Å². The minimum Gasteiger partial charge on any atom is -0.312 e. The van der Waals surface area contributed by atoms with Crippen molar-refractivity contribution >= 4 is 10.0 Å². The smallest absolute Gasteiger partial charge is 0.241 e. The van der Waals surface area contributed by atoms with Crippen LogP contribution in [-0.2, 0) is 23.0 Å². The van der Waals surface area contributed by atoms with E-state index in [1.54, 1.807) is 6.07 Å². The van der Waals surface area contributed by atoms with Crippen LogP contribution in [0.4, 0.5) is 0 Å². The van der Waals surface area contributed by atoms with Crippen LogP contribution in [0, 0.1) is 0 Å². The predicted molar refractivity (Wildman–Crippen MR) is 83.7 cm³/mol. The zero-order valence-electron chi connectivity index (χ0n) is 12.6. The molecule has 0 bridgehead atoms. The molecule has 0 unspecified atom stereocenters. The molecule has 5 heteroatoms. The lowest BCUT2D eigenvalue weighted by Gasteiger charge is -2.34. The molecule has 21 heavy (non-hydrogen) atoms. The van der Waals surface area contributed by atoms with Gasteiger partial charge in [-0.2, -0.15) is 0 Å². The molecule has 1 aliphatic heterocycles. The summed E-state index contributed by atoms with van der Waals surface area (Å²) >= 11 is 0. The standard InChI is InChI=1S/C16H24N2O2S/c1-16(9-3-2-4-10-16)18-21(19,20)15-7-5-6-13-12-17-11-8-14(13)15/h5-7,17-18H,2-4,8-12H2,1H3. The highest BCUT2D eigenvalue weighted by Crippen LogP contribution is 2.30. The molecule has 0 radical (unpaired) electrons. The van der Waals surface area contributed by atoms with Gasteiger partial charge in [-0.05, 0) is 49.9 Å². The average molecular weight is 308 g/mol. The summed E-state index contributed by atoms with van der Waals surface area (Å²) in [6.07, 6.45) is 6.07. The van der Waals surface area contributed by atoms with Crippen LogP contribution in [0.5, 0.6) is 0 Å². The maximum Gasteiger partial charge on any atom is 0.241 e. The highest BCUT2D eigenvalue weighted by Gasteiger charge is 2.33. The Morgan fingerprint density at radius 2 is 1.95 bits per heavy atom. The van der Waals surface area contributed by atoms with Gasteiger partial charge in [0.2, 0.25) is 10.0 Å². The van der Waals surface area contributed by atoms with Gasteiger partial charge >= 0.3 is 0 Å². The molecule has 116 valence electrons. The molecular formula is C16H24N2O2S. The van der Waals surface area contributed by atoms with E-state index in [2.05, 4.69) is 10.0 Å². The van der Waals surface area contributed by atoms with Crippen LogP contribution >= 0.6 is 0 Å². The Bertz CT molecular complexity index is 619. The van der Waals surface area contributed by atoms with Gasteiger partial charge < -0.3 is 5.32 Å². The number of nitrogens with one attached hydrogen (secondary N) is 2. The van der Waals surface area contributed by atoms with Gasteiger partial charge in [0.05, 0.1) is 4.90 Å². The fraction of sp³-hybridized carbons (Fsp3) is 0.625. The molecule has 1 fully saturated rings. The zero-order valence-corrected chi connectivity index (χ0v) is 13.4. The van der Waals surface area contributed by atoms with E-state index in [9.17, 15) is 8.42 Å². The molecule has 4 nitrogen and oxygen atoms in total. The summed E-state index contributed by atoms with van der Waals surface area (Å²) in [7, 11) is -3.44. The molecule has 1 aliphatic carbocycles. The second-order valence-corrected chi connectivity index (χ2v) is 8.20. The first kappa shape index (κ1) is 15.0. The van der Waals surface area contributed by atoms with Gasteiger partial charge in [0.25, 0.3) is 0 Å². The van der Waals surface area contributed by atoms with Gasteiger partial charge in [0, 0.05) is 12.1 Å². The lowest BCUT2D eigenvalue weighted by Crippen LogP contribution is -2.47. The molecule has 3 rings (SSSR count). The fourth-order valence-corrected chi connectivity index (χ4v) is 5.34. The van der Waals surface area contributed by atoms with Crippen molar-refractivity contribution < 1.29 is 8.42 Å². The lowest BCUT2D eigenvalue weighted by atomic mass is 9.84. The maximum absolute atomic E-state index is 12.8. The summed E-state index contributed by atoms with van der Waals surface area (Å²) < 4.78 is 28.7. The first-order chi connectivity index (χ1) is 10.0. The summed E-state index contributed by atoms with van der Waals surface area (Å²) in [5.41, 5.74) is 1.81. The number of hydrogen-bond acceptors (Lipinski definition) is 3. The molecule has 2 N–H and O–H groups in total. The number of sulfonamides is 1. The van der Waals surface area contributed by atoms with Crippen molar-refractivity contribution in [2.75, 3.05) is 6.54 Å². The number of benzene rings is 1. The summed E-state index contributed by atoms with van der Waals surface area (Å²) in [5.74, 6) is 0. The largest absolute Gasteiger partial charge is 0.312 e. The molecule has 1 aromatic rings. The molecular weight excluding hydrogens is 284 g/mol. The molecule has 0 amide bonds. The van der Waals surface area contributed by atoms with Crippen molar-refractivity contribution in [2.45, 2.75) is 62.4 Å². The van der Waals surface area contributed by atoms with Crippen molar-refractivity contribution in [1.82, 2.24) is 10.0 Å². The predicted octanol–water partition coefficient (Wildman–Crippen LogP) is 2.33. The Morgan fingerprint density at radius 3 is 2.71 bits per heavy atom. The monoisotopic (exact) mass is 308 g/mol. The van der Waals surface area contributed by atoms with Crippen LogP contribution in [0.15, 0.2) is 23.1 Å².